The highest BCUT2D eigenvalue weighted by molar-refractivity contribution is 7.47. The van der Waals surface area contributed by atoms with Crippen molar-refractivity contribution in [3.05, 3.63) is 24.3 Å². The lowest BCUT2D eigenvalue weighted by Gasteiger charge is -2.20. The minimum Gasteiger partial charge on any atom is -0.457 e. The molecule has 0 bridgehead atoms. The third kappa shape index (κ3) is 39.3. The van der Waals surface area contributed by atoms with Gasteiger partial charge in [-0.2, -0.15) is 0 Å². The third-order valence-corrected chi connectivity index (χ3v) is 10.8. The number of phosphoric acid groups is 1. The SMILES string of the molecule is CCCCCCC/C=C\CCCCCCCC(=O)OC(CO)COP(=O)(O)OCC(CO)OC(=O)CCCCCCCCCCC/C=C\CCCCCCCC. The molecular formula is C45H85O10P. The van der Waals surface area contributed by atoms with E-state index in [0.29, 0.717) is 12.8 Å². The summed E-state index contributed by atoms with van der Waals surface area (Å²) in [7, 11) is -4.64. The van der Waals surface area contributed by atoms with E-state index >= 15 is 0 Å². The van der Waals surface area contributed by atoms with Crippen molar-refractivity contribution in [2.45, 2.75) is 225 Å². The molecule has 0 aliphatic rings. The Morgan fingerprint density at radius 3 is 1.02 bits per heavy atom. The molecule has 0 aliphatic heterocycles. The molecule has 0 amide bonds. The monoisotopic (exact) mass is 817 g/mol. The molecule has 0 aromatic carbocycles. The molecule has 10 nitrogen and oxygen atoms in total. The Labute approximate surface area is 342 Å². The van der Waals surface area contributed by atoms with Crippen molar-refractivity contribution >= 4 is 19.8 Å². The third-order valence-electron chi connectivity index (χ3n) is 9.89. The number of rotatable bonds is 43. The highest BCUT2D eigenvalue weighted by Crippen LogP contribution is 2.43. The van der Waals surface area contributed by atoms with Crippen LogP contribution >= 0.6 is 7.82 Å². The van der Waals surface area contributed by atoms with Gasteiger partial charge in [0.15, 0.2) is 0 Å². The molecule has 0 aromatic heterocycles. The van der Waals surface area contributed by atoms with Crippen LogP contribution < -0.4 is 0 Å². The molecule has 0 aliphatic carbocycles. The molecule has 3 unspecified atom stereocenters. The summed E-state index contributed by atoms with van der Waals surface area (Å²) in [6.07, 6.45) is 41.5. The second kappa shape index (κ2) is 41.6. The quantitative estimate of drug-likeness (QED) is 0.0235. The fourth-order valence-electron chi connectivity index (χ4n) is 6.34. The van der Waals surface area contributed by atoms with E-state index < -0.39 is 58.4 Å². The van der Waals surface area contributed by atoms with Gasteiger partial charge in [-0.25, -0.2) is 4.57 Å². The minimum absolute atomic E-state index is 0.184. The Kier molecular flexibility index (Phi) is 40.5. The average molecular weight is 817 g/mol. The number of hydrogen-bond acceptors (Lipinski definition) is 9. The van der Waals surface area contributed by atoms with Gasteiger partial charge in [-0.3, -0.25) is 18.6 Å². The van der Waals surface area contributed by atoms with Gasteiger partial charge in [0, 0.05) is 12.8 Å². The van der Waals surface area contributed by atoms with Crippen LogP contribution in [0.3, 0.4) is 0 Å². The number of aliphatic hydroxyl groups excluding tert-OH is 2. The molecule has 0 fully saturated rings. The molecule has 330 valence electrons. The number of esters is 2. The van der Waals surface area contributed by atoms with Crippen LogP contribution in [0, 0.1) is 0 Å². The minimum atomic E-state index is -4.64. The van der Waals surface area contributed by atoms with E-state index in [-0.39, 0.29) is 12.8 Å². The fourth-order valence-corrected chi connectivity index (χ4v) is 7.12. The number of unbranched alkanes of at least 4 members (excludes halogenated alkanes) is 25. The van der Waals surface area contributed by atoms with E-state index in [2.05, 4.69) is 38.2 Å². The van der Waals surface area contributed by atoms with Crippen LogP contribution in [0.15, 0.2) is 24.3 Å². The van der Waals surface area contributed by atoms with E-state index in [4.69, 9.17) is 18.5 Å². The highest BCUT2D eigenvalue weighted by Gasteiger charge is 2.27. The lowest BCUT2D eigenvalue weighted by atomic mass is 10.1. The largest absolute Gasteiger partial charge is 0.472 e. The van der Waals surface area contributed by atoms with E-state index in [1.54, 1.807) is 0 Å². The first-order valence-corrected chi connectivity index (χ1v) is 24.3. The molecular weight excluding hydrogens is 731 g/mol. The van der Waals surface area contributed by atoms with Crippen LogP contribution in [-0.2, 0) is 32.7 Å². The average Bonchev–Trinajstić information content (AvgIpc) is 3.19. The number of ether oxygens (including phenoxy) is 2. The first-order chi connectivity index (χ1) is 27.3. The van der Waals surface area contributed by atoms with E-state index in [1.165, 1.54) is 116 Å². The predicted octanol–water partition coefficient (Wildman–Crippen LogP) is 12.2. The van der Waals surface area contributed by atoms with Crippen LogP contribution in [0.1, 0.15) is 213 Å². The highest BCUT2D eigenvalue weighted by atomic mass is 31.2. The van der Waals surface area contributed by atoms with Crippen LogP contribution in [-0.4, -0.2) is 65.7 Å². The fraction of sp³-hybridized carbons (Fsp3) is 0.867. The topological polar surface area (TPSA) is 149 Å². The van der Waals surface area contributed by atoms with Gasteiger partial charge < -0.3 is 24.6 Å². The zero-order chi connectivity index (χ0) is 41.2. The van der Waals surface area contributed by atoms with E-state index in [1.807, 2.05) is 0 Å². The summed E-state index contributed by atoms with van der Waals surface area (Å²) in [4.78, 5) is 34.5. The first kappa shape index (κ1) is 54.5. The molecule has 0 spiro atoms. The van der Waals surface area contributed by atoms with Gasteiger partial charge in [0.25, 0.3) is 0 Å². The molecule has 3 N–H and O–H groups in total. The molecule has 56 heavy (non-hydrogen) atoms. The Balaban J connectivity index is 3.89. The number of allylic oxidation sites excluding steroid dienone is 4. The van der Waals surface area contributed by atoms with E-state index in [9.17, 15) is 29.3 Å². The molecule has 0 aromatic rings. The molecule has 0 radical (unpaired) electrons. The summed E-state index contributed by atoms with van der Waals surface area (Å²) < 4.78 is 32.6. The van der Waals surface area contributed by atoms with Gasteiger partial charge in [0.2, 0.25) is 0 Å². The van der Waals surface area contributed by atoms with E-state index in [0.717, 1.165) is 57.8 Å². The zero-order valence-corrected chi connectivity index (χ0v) is 36.8. The van der Waals surface area contributed by atoms with Gasteiger partial charge in [-0.1, -0.05) is 160 Å². The van der Waals surface area contributed by atoms with Crippen molar-refractivity contribution in [2.75, 3.05) is 26.4 Å². The zero-order valence-electron chi connectivity index (χ0n) is 35.9. The number of phosphoric ester groups is 1. The maximum absolute atomic E-state index is 12.4. The lowest BCUT2D eigenvalue weighted by molar-refractivity contribution is -0.153. The van der Waals surface area contributed by atoms with Crippen molar-refractivity contribution in [3.8, 4) is 0 Å². The van der Waals surface area contributed by atoms with Crippen LogP contribution in [0.4, 0.5) is 0 Å². The molecule has 0 rings (SSSR count). The summed E-state index contributed by atoms with van der Waals surface area (Å²) in [5.41, 5.74) is 0. The molecule has 3 atom stereocenters. The lowest BCUT2D eigenvalue weighted by Crippen LogP contribution is -2.28. The van der Waals surface area contributed by atoms with Gasteiger partial charge in [0.05, 0.1) is 26.4 Å². The van der Waals surface area contributed by atoms with Crippen LogP contribution in [0.2, 0.25) is 0 Å². The Bertz CT molecular complexity index is 988. The van der Waals surface area contributed by atoms with Gasteiger partial charge in [0.1, 0.15) is 12.2 Å². The van der Waals surface area contributed by atoms with Crippen LogP contribution in [0.5, 0.6) is 0 Å². The number of carbonyl (C=O) groups excluding carboxylic acids is 2. The maximum atomic E-state index is 12.4. The molecule has 11 heteroatoms. The number of carbonyl (C=O) groups is 2. The molecule has 0 saturated carbocycles. The van der Waals surface area contributed by atoms with Gasteiger partial charge >= 0.3 is 19.8 Å². The predicted molar refractivity (Wildman–Crippen MR) is 228 cm³/mol. The van der Waals surface area contributed by atoms with Crippen molar-refractivity contribution in [1.82, 2.24) is 0 Å². The van der Waals surface area contributed by atoms with Crippen molar-refractivity contribution in [1.29, 1.82) is 0 Å². The summed E-state index contributed by atoms with van der Waals surface area (Å²) in [6.45, 7) is 2.20. The summed E-state index contributed by atoms with van der Waals surface area (Å²) in [5.74, 6) is -1.02. The maximum Gasteiger partial charge on any atom is 0.472 e. The van der Waals surface area contributed by atoms with Crippen LogP contribution in [0.25, 0.3) is 0 Å². The standard InChI is InChI=1S/C45H85O10P/c1-3-5-7-9-11-13-15-17-19-20-21-22-23-25-27-29-31-33-35-37-45(49)55-43(39-47)41-53-56(50,51)52-40-42(38-46)54-44(48)36-34-32-30-28-26-24-18-16-14-12-10-8-6-4-2/h16-19,42-43,46-47H,3-15,20-41H2,1-2H3,(H,50,51)/b18-16-,19-17-. The molecule has 0 saturated heterocycles. The second-order valence-corrected chi connectivity index (χ2v) is 16.8. The summed E-state index contributed by atoms with van der Waals surface area (Å²) in [5, 5.41) is 19.2. The van der Waals surface area contributed by atoms with Crippen molar-refractivity contribution in [2.24, 2.45) is 0 Å². The number of aliphatic hydroxyl groups is 2. The Morgan fingerprint density at radius 1 is 0.464 bits per heavy atom. The Hall–Kier alpha value is -1.55. The second-order valence-electron chi connectivity index (χ2n) is 15.4. The van der Waals surface area contributed by atoms with Gasteiger partial charge in [-0.05, 0) is 64.2 Å². The summed E-state index contributed by atoms with van der Waals surface area (Å²) >= 11 is 0. The van der Waals surface area contributed by atoms with Gasteiger partial charge in [-0.15, -0.1) is 0 Å². The number of hydrogen-bond donors (Lipinski definition) is 3. The molecule has 0 heterocycles. The first-order valence-electron chi connectivity index (χ1n) is 22.8. The normalized spacial score (nSPS) is 14.0. The Morgan fingerprint density at radius 2 is 0.732 bits per heavy atom. The van der Waals surface area contributed by atoms with Crippen molar-refractivity contribution in [3.63, 3.8) is 0 Å². The smallest absolute Gasteiger partial charge is 0.457 e. The summed E-state index contributed by atoms with van der Waals surface area (Å²) in [6, 6.07) is 0. The van der Waals surface area contributed by atoms with Crippen molar-refractivity contribution < 1.29 is 47.8 Å².